The van der Waals surface area contributed by atoms with Crippen molar-refractivity contribution >= 4 is 23.1 Å². The van der Waals surface area contributed by atoms with Crippen molar-refractivity contribution < 1.29 is 14.7 Å². The van der Waals surface area contributed by atoms with Crippen LogP contribution < -0.4 is 4.90 Å². The van der Waals surface area contributed by atoms with Crippen LogP contribution >= 0.6 is 0 Å². The Labute approximate surface area is 189 Å². The predicted molar refractivity (Wildman–Crippen MR) is 126 cm³/mol. The van der Waals surface area contributed by atoms with Gasteiger partial charge in [-0.2, -0.15) is 0 Å². The summed E-state index contributed by atoms with van der Waals surface area (Å²) in [5.41, 5.74) is 6.53. The van der Waals surface area contributed by atoms with Crippen LogP contribution in [0.5, 0.6) is 0 Å². The Morgan fingerprint density at radius 3 is 2.03 bits per heavy atom. The molecule has 0 atom stereocenters. The minimum Gasteiger partial charge on any atom is -0.395 e. The largest absolute Gasteiger partial charge is 0.395 e. The number of β-amino-alcohol motifs (C(OH)–C–C–N with tert-alkyl or cyclic N) is 1. The third kappa shape index (κ3) is 3.96. The lowest BCUT2D eigenvalue weighted by Gasteiger charge is -2.36. The molecule has 4 rings (SSSR count). The SMILES string of the molecule is Cc1ccc(C2=C(N3CCN(CCO)CC3)C(=O)N(c3ccc(C)cc3C)C2=O)c(C)c1. The first-order chi connectivity index (χ1) is 15.3. The Bertz CT molecular complexity index is 1100. The van der Waals surface area contributed by atoms with Gasteiger partial charge in [0.25, 0.3) is 11.8 Å². The monoisotopic (exact) mass is 433 g/mol. The number of aryl methyl sites for hydroxylation is 4. The quantitative estimate of drug-likeness (QED) is 0.735. The first kappa shape index (κ1) is 22.2. The molecule has 6 heteroatoms. The summed E-state index contributed by atoms with van der Waals surface area (Å²) in [4.78, 5) is 33.1. The number of aliphatic hydroxyl groups excluding tert-OH is 1. The molecule has 0 bridgehead atoms. The number of aliphatic hydroxyl groups is 1. The molecule has 0 radical (unpaired) electrons. The standard InChI is InChI=1S/C26H31N3O3/c1-17-5-7-21(19(3)15-17)23-24(28-11-9-27(10-12-28)13-14-30)26(32)29(25(23)31)22-8-6-18(2)16-20(22)4/h5-8,15-16,30H,9-14H2,1-4H3. The summed E-state index contributed by atoms with van der Waals surface area (Å²) in [6, 6.07) is 11.8. The molecule has 2 aromatic rings. The topological polar surface area (TPSA) is 64.1 Å². The molecule has 0 saturated carbocycles. The molecule has 1 N–H and O–H groups in total. The van der Waals surface area contributed by atoms with Crippen molar-refractivity contribution in [2.45, 2.75) is 27.7 Å². The van der Waals surface area contributed by atoms with E-state index in [9.17, 15) is 14.7 Å². The Hall–Kier alpha value is -2.96. The van der Waals surface area contributed by atoms with Gasteiger partial charge in [-0.05, 0) is 50.5 Å². The lowest BCUT2D eigenvalue weighted by atomic mass is 9.97. The highest BCUT2D eigenvalue weighted by atomic mass is 16.3. The Morgan fingerprint density at radius 1 is 0.812 bits per heavy atom. The van der Waals surface area contributed by atoms with E-state index in [2.05, 4.69) is 11.0 Å². The van der Waals surface area contributed by atoms with Crippen LogP contribution in [0.1, 0.15) is 27.8 Å². The van der Waals surface area contributed by atoms with Gasteiger partial charge in [-0.3, -0.25) is 14.5 Å². The number of amides is 2. The summed E-state index contributed by atoms with van der Waals surface area (Å²) in [5.74, 6) is -0.519. The molecule has 0 unspecified atom stereocenters. The van der Waals surface area contributed by atoms with Gasteiger partial charge in [0, 0.05) is 32.7 Å². The molecule has 168 valence electrons. The lowest BCUT2D eigenvalue weighted by Crippen LogP contribution is -2.48. The van der Waals surface area contributed by atoms with E-state index in [1.54, 1.807) is 0 Å². The number of hydrogen-bond acceptors (Lipinski definition) is 5. The number of carbonyl (C=O) groups is 2. The molecule has 32 heavy (non-hydrogen) atoms. The van der Waals surface area contributed by atoms with Crippen LogP contribution in [-0.4, -0.2) is 66.1 Å². The van der Waals surface area contributed by atoms with E-state index in [4.69, 9.17) is 0 Å². The van der Waals surface area contributed by atoms with Gasteiger partial charge < -0.3 is 10.0 Å². The van der Waals surface area contributed by atoms with E-state index in [0.29, 0.717) is 36.6 Å². The van der Waals surface area contributed by atoms with E-state index in [1.165, 1.54) is 4.90 Å². The van der Waals surface area contributed by atoms with Gasteiger partial charge in [0.15, 0.2) is 0 Å². The maximum atomic E-state index is 13.8. The average Bonchev–Trinajstić information content (AvgIpc) is 2.99. The summed E-state index contributed by atoms with van der Waals surface area (Å²) >= 11 is 0. The second-order valence-electron chi connectivity index (χ2n) is 8.83. The highest BCUT2D eigenvalue weighted by Crippen LogP contribution is 2.37. The van der Waals surface area contributed by atoms with Gasteiger partial charge in [-0.1, -0.05) is 41.5 Å². The predicted octanol–water partition coefficient (Wildman–Crippen LogP) is 2.81. The fourth-order valence-corrected chi connectivity index (χ4v) is 4.76. The van der Waals surface area contributed by atoms with Crippen molar-refractivity contribution in [3.05, 3.63) is 69.9 Å². The van der Waals surface area contributed by atoms with Crippen LogP contribution in [0.3, 0.4) is 0 Å². The normalized spacial score (nSPS) is 17.7. The van der Waals surface area contributed by atoms with Gasteiger partial charge in [0.2, 0.25) is 0 Å². The molecule has 2 amide bonds. The molecule has 0 aromatic heterocycles. The number of imide groups is 1. The van der Waals surface area contributed by atoms with E-state index < -0.39 is 0 Å². The average molecular weight is 434 g/mol. The smallest absolute Gasteiger partial charge is 0.282 e. The minimum absolute atomic E-state index is 0.119. The van der Waals surface area contributed by atoms with Gasteiger partial charge in [-0.25, -0.2) is 4.90 Å². The molecular weight excluding hydrogens is 402 g/mol. The first-order valence-corrected chi connectivity index (χ1v) is 11.2. The minimum atomic E-state index is -0.262. The summed E-state index contributed by atoms with van der Waals surface area (Å²) in [7, 11) is 0. The van der Waals surface area contributed by atoms with Crippen molar-refractivity contribution in [1.29, 1.82) is 0 Å². The van der Waals surface area contributed by atoms with Crippen LogP contribution in [0.25, 0.3) is 5.57 Å². The molecule has 1 fully saturated rings. The van der Waals surface area contributed by atoms with Crippen LogP contribution in [0.4, 0.5) is 5.69 Å². The van der Waals surface area contributed by atoms with Crippen LogP contribution in [0, 0.1) is 27.7 Å². The van der Waals surface area contributed by atoms with Gasteiger partial charge in [0.1, 0.15) is 5.70 Å². The van der Waals surface area contributed by atoms with Gasteiger partial charge >= 0.3 is 0 Å². The number of carbonyl (C=O) groups excluding carboxylic acids is 2. The molecule has 6 nitrogen and oxygen atoms in total. The molecule has 2 aliphatic heterocycles. The number of hydrogen-bond donors (Lipinski definition) is 1. The van der Waals surface area contributed by atoms with E-state index in [-0.39, 0.29) is 18.4 Å². The summed E-state index contributed by atoms with van der Waals surface area (Å²) in [5, 5.41) is 9.25. The number of anilines is 1. The molecule has 2 heterocycles. The third-order valence-corrected chi connectivity index (χ3v) is 6.41. The number of benzene rings is 2. The zero-order valence-electron chi connectivity index (χ0n) is 19.3. The fourth-order valence-electron chi connectivity index (χ4n) is 4.76. The van der Waals surface area contributed by atoms with Crippen molar-refractivity contribution in [3.63, 3.8) is 0 Å². The van der Waals surface area contributed by atoms with E-state index in [1.807, 2.05) is 62.9 Å². The third-order valence-electron chi connectivity index (χ3n) is 6.41. The molecule has 1 saturated heterocycles. The second kappa shape index (κ2) is 8.88. The number of nitrogens with zero attached hydrogens (tertiary/aromatic N) is 3. The number of piperazine rings is 1. The maximum Gasteiger partial charge on any atom is 0.282 e. The Balaban J connectivity index is 1.79. The van der Waals surface area contributed by atoms with E-state index in [0.717, 1.165) is 40.9 Å². The first-order valence-electron chi connectivity index (χ1n) is 11.2. The van der Waals surface area contributed by atoms with Gasteiger partial charge in [0.05, 0.1) is 17.9 Å². The fraction of sp³-hybridized carbons (Fsp3) is 0.385. The Morgan fingerprint density at radius 2 is 1.44 bits per heavy atom. The van der Waals surface area contributed by atoms with Crippen molar-refractivity contribution in [2.24, 2.45) is 0 Å². The second-order valence-corrected chi connectivity index (χ2v) is 8.83. The molecule has 2 aromatic carbocycles. The van der Waals surface area contributed by atoms with Crippen LogP contribution in [0.15, 0.2) is 42.1 Å². The summed E-state index contributed by atoms with van der Waals surface area (Å²) < 4.78 is 0. The zero-order valence-corrected chi connectivity index (χ0v) is 19.3. The molecule has 0 spiro atoms. The van der Waals surface area contributed by atoms with Crippen molar-refractivity contribution in [3.8, 4) is 0 Å². The summed E-state index contributed by atoms with van der Waals surface area (Å²) in [6.07, 6.45) is 0. The van der Waals surface area contributed by atoms with Crippen molar-refractivity contribution in [2.75, 3.05) is 44.2 Å². The van der Waals surface area contributed by atoms with Gasteiger partial charge in [-0.15, -0.1) is 0 Å². The van der Waals surface area contributed by atoms with Crippen molar-refractivity contribution in [1.82, 2.24) is 9.80 Å². The molecular formula is C26H31N3O3. The van der Waals surface area contributed by atoms with Crippen LogP contribution in [-0.2, 0) is 9.59 Å². The zero-order chi connectivity index (χ0) is 23.0. The molecule has 2 aliphatic rings. The summed E-state index contributed by atoms with van der Waals surface area (Å²) in [6.45, 7) is 11.5. The van der Waals surface area contributed by atoms with Crippen LogP contribution in [0.2, 0.25) is 0 Å². The maximum absolute atomic E-state index is 13.8. The lowest BCUT2D eigenvalue weighted by molar-refractivity contribution is -0.120. The highest BCUT2D eigenvalue weighted by molar-refractivity contribution is 6.45. The van der Waals surface area contributed by atoms with E-state index >= 15 is 0 Å². The Kier molecular flexibility index (Phi) is 6.17. The highest BCUT2D eigenvalue weighted by Gasteiger charge is 2.43. The number of rotatable bonds is 5. The molecule has 0 aliphatic carbocycles.